The smallest absolute Gasteiger partial charge is 0.407 e. The molecule has 1 amide bonds. The molecule has 0 heterocycles. The molecule has 24 heavy (non-hydrogen) atoms. The number of hydrogen-bond donors (Lipinski definition) is 3. The van der Waals surface area contributed by atoms with E-state index in [1.165, 1.54) is 19.2 Å². The number of nitrogens with one attached hydrogen (secondary N) is 1. The van der Waals surface area contributed by atoms with E-state index in [9.17, 15) is 25.1 Å². The molecule has 9 nitrogen and oxygen atoms in total. The van der Waals surface area contributed by atoms with Crippen LogP contribution in [0, 0.1) is 10.1 Å². The largest absolute Gasteiger partial charge is 0.496 e. The van der Waals surface area contributed by atoms with E-state index in [4.69, 9.17) is 9.47 Å². The number of carbonyl (C=O) groups excluding carboxylic acids is 1. The van der Waals surface area contributed by atoms with Gasteiger partial charge < -0.3 is 25.0 Å². The highest BCUT2D eigenvalue weighted by molar-refractivity contribution is 5.67. The number of nitro benzene ring substituents is 1. The molecule has 0 radical (unpaired) electrons. The first kappa shape index (κ1) is 19.7. The Morgan fingerprint density at radius 1 is 1.33 bits per heavy atom. The number of methoxy groups -OCH3 is 1. The molecule has 1 aromatic carbocycles. The molecule has 0 aliphatic rings. The maximum Gasteiger partial charge on any atom is 0.407 e. The summed E-state index contributed by atoms with van der Waals surface area (Å²) in [6.07, 6.45) is -3.58. The number of rotatable bonds is 6. The van der Waals surface area contributed by atoms with Crippen molar-refractivity contribution in [2.24, 2.45) is 0 Å². The average Bonchev–Trinajstić information content (AvgIpc) is 2.49. The molecule has 2 unspecified atom stereocenters. The van der Waals surface area contributed by atoms with Crippen LogP contribution < -0.4 is 10.1 Å². The minimum atomic E-state index is -1.45. The minimum absolute atomic E-state index is 0.0968. The van der Waals surface area contributed by atoms with Gasteiger partial charge in [0.05, 0.1) is 18.1 Å². The number of nitrogens with zero attached hydrogens (tertiary/aromatic N) is 1. The van der Waals surface area contributed by atoms with Gasteiger partial charge in [-0.05, 0) is 32.4 Å². The van der Waals surface area contributed by atoms with Gasteiger partial charge in [-0.2, -0.15) is 0 Å². The van der Waals surface area contributed by atoms with Crippen molar-refractivity contribution in [3.63, 3.8) is 0 Å². The number of carbonyl (C=O) groups is 1. The van der Waals surface area contributed by atoms with Crippen LogP contribution in [-0.2, 0) is 4.74 Å². The molecule has 134 valence electrons. The maximum absolute atomic E-state index is 11.5. The number of ether oxygens (including phenoxy) is 2. The van der Waals surface area contributed by atoms with Crippen molar-refractivity contribution in [2.75, 3.05) is 13.7 Å². The quantitative estimate of drug-likeness (QED) is 0.527. The number of alkyl carbamates (subject to hydrolysis) is 1. The van der Waals surface area contributed by atoms with Crippen LogP contribution in [-0.4, -0.2) is 46.6 Å². The molecule has 0 spiro atoms. The highest BCUT2D eigenvalue weighted by Gasteiger charge is 2.23. The molecule has 9 heteroatoms. The minimum Gasteiger partial charge on any atom is -0.496 e. The molecule has 2 atom stereocenters. The average molecular weight is 342 g/mol. The van der Waals surface area contributed by atoms with E-state index in [-0.39, 0.29) is 23.5 Å². The maximum atomic E-state index is 11.5. The van der Waals surface area contributed by atoms with Crippen LogP contribution in [0.15, 0.2) is 18.2 Å². The zero-order chi connectivity index (χ0) is 18.5. The summed E-state index contributed by atoms with van der Waals surface area (Å²) >= 11 is 0. The first-order valence-electron chi connectivity index (χ1n) is 7.20. The van der Waals surface area contributed by atoms with Gasteiger partial charge in [0.1, 0.15) is 23.6 Å². The van der Waals surface area contributed by atoms with Gasteiger partial charge in [-0.3, -0.25) is 10.1 Å². The Kier molecular flexibility index (Phi) is 6.50. The van der Waals surface area contributed by atoms with Crippen LogP contribution in [0.5, 0.6) is 5.75 Å². The second kappa shape index (κ2) is 7.93. The van der Waals surface area contributed by atoms with E-state index in [2.05, 4.69) is 5.32 Å². The third-order valence-corrected chi connectivity index (χ3v) is 2.92. The first-order valence-corrected chi connectivity index (χ1v) is 7.20. The SMILES string of the molecule is COc1cc(C(O)C(O)CNC(=O)OC(C)(C)C)cc([N+](=O)[O-])c1. The van der Waals surface area contributed by atoms with Crippen LogP contribution in [0.3, 0.4) is 0 Å². The molecule has 1 aromatic rings. The standard InChI is InChI=1S/C15H22N2O7/c1-15(2,3)24-14(20)16-8-12(18)13(19)9-5-10(17(21)22)7-11(6-9)23-4/h5-7,12-13,18-19H,8H2,1-4H3,(H,16,20). The number of hydrogen-bond acceptors (Lipinski definition) is 7. The van der Waals surface area contributed by atoms with Gasteiger partial charge in [-0.15, -0.1) is 0 Å². The summed E-state index contributed by atoms with van der Waals surface area (Å²) in [7, 11) is 1.33. The van der Waals surface area contributed by atoms with E-state index < -0.39 is 28.8 Å². The summed E-state index contributed by atoms with van der Waals surface area (Å²) < 4.78 is 9.95. The van der Waals surface area contributed by atoms with Crippen molar-refractivity contribution in [3.05, 3.63) is 33.9 Å². The van der Waals surface area contributed by atoms with Crippen molar-refractivity contribution in [1.82, 2.24) is 5.32 Å². The van der Waals surface area contributed by atoms with Crippen LogP contribution in [0.1, 0.15) is 32.4 Å². The summed E-state index contributed by atoms with van der Waals surface area (Å²) in [5.41, 5.74) is -0.878. The molecule has 0 aliphatic carbocycles. The topological polar surface area (TPSA) is 131 Å². The highest BCUT2D eigenvalue weighted by Crippen LogP contribution is 2.27. The Morgan fingerprint density at radius 2 is 1.96 bits per heavy atom. The predicted molar refractivity (Wildman–Crippen MR) is 84.9 cm³/mol. The van der Waals surface area contributed by atoms with Gasteiger partial charge in [0, 0.05) is 12.6 Å². The lowest BCUT2D eigenvalue weighted by atomic mass is 10.0. The van der Waals surface area contributed by atoms with Gasteiger partial charge >= 0.3 is 6.09 Å². The third kappa shape index (κ3) is 6.01. The Labute approximate surface area is 139 Å². The molecule has 0 bridgehead atoms. The number of aliphatic hydroxyl groups is 2. The van der Waals surface area contributed by atoms with Gasteiger partial charge in [-0.1, -0.05) is 0 Å². The number of amides is 1. The molecule has 0 aliphatic heterocycles. The van der Waals surface area contributed by atoms with Crippen LogP contribution >= 0.6 is 0 Å². The molecule has 0 fully saturated rings. The van der Waals surface area contributed by atoms with E-state index in [0.29, 0.717) is 0 Å². The summed E-state index contributed by atoms with van der Waals surface area (Å²) in [6.45, 7) is 4.77. The molecule has 0 saturated carbocycles. The van der Waals surface area contributed by atoms with Crippen molar-refractivity contribution >= 4 is 11.8 Å². The fourth-order valence-electron chi connectivity index (χ4n) is 1.84. The zero-order valence-electron chi connectivity index (χ0n) is 14.0. The summed E-state index contributed by atoms with van der Waals surface area (Å²) in [5.74, 6) is 0.172. The van der Waals surface area contributed by atoms with Crippen LogP contribution in [0.25, 0.3) is 0 Å². The Hall–Kier alpha value is -2.39. The van der Waals surface area contributed by atoms with Gasteiger partial charge in [-0.25, -0.2) is 4.79 Å². The lowest BCUT2D eigenvalue weighted by molar-refractivity contribution is -0.385. The number of nitro groups is 1. The van der Waals surface area contributed by atoms with Crippen molar-refractivity contribution in [3.8, 4) is 5.75 Å². The number of benzene rings is 1. The Morgan fingerprint density at radius 3 is 2.46 bits per heavy atom. The van der Waals surface area contributed by atoms with Crippen molar-refractivity contribution in [1.29, 1.82) is 0 Å². The molecule has 1 rings (SSSR count). The van der Waals surface area contributed by atoms with Gasteiger partial charge in [0.2, 0.25) is 0 Å². The van der Waals surface area contributed by atoms with E-state index >= 15 is 0 Å². The number of non-ortho nitro benzene ring substituents is 1. The molecular weight excluding hydrogens is 320 g/mol. The fourth-order valence-corrected chi connectivity index (χ4v) is 1.84. The van der Waals surface area contributed by atoms with Gasteiger partial charge in [0.15, 0.2) is 0 Å². The number of aliphatic hydroxyl groups excluding tert-OH is 2. The van der Waals surface area contributed by atoms with Crippen molar-refractivity contribution in [2.45, 2.75) is 38.6 Å². The lowest BCUT2D eigenvalue weighted by Crippen LogP contribution is -2.38. The van der Waals surface area contributed by atoms with E-state index in [0.717, 1.165) is 6.07 Å². The van der Waals surface area contributed by atoms with E-state index in [1.54, 1.807) is 20.8 Å². The van der Waals surface area contributed by atoms with Gasteiger partial charge in [0.25, 0.3) is 5.69 Å². The normalized spacial score (nSPS) is 13.8. The molecule has 0 saturated heterocycles. The summed E-state index contributed by atoms with van der Waals surface area (Å²) in [6, 6.07) is 3.69. The molecular formula is C15H22N2O7. The second-order valence-electron chi connectivity index (χ2n) is 6.12. The highest BCUT2D eigenvalue weighted by atomic mass is 16.6. The Bertz CT molecular complexity index is 598. The fraction of sp³-hybridized carbons (Fsp3) is 0.533. The lowest BCUT2D eigenvalue weighted by Gasteiger charge is -2.22. The van der Waals surface area contributed by atoms with E-state index in [1.807, 2.05) is 0 Å². The monoisotopic (exact) mass is 342 g/mol. The van der Waals surface area contributed by atoms with Crippen molar-refractivity contribution < 1.29 is 29.4 Å². The molecule has 3 N–H and O–H groups in total. The zero-order valence-corrected chi connectivity index (χ0v) is 14.0. The van der Waals surface area contributed by atoms with Crippen LogP contribution in [0.4, 0.5) is 10.5 Å². The summed E-state index contributed by atoms with van der Waals surface area (Å²) in [4.78, 5) is 21.8. The second-order valence-corrected chi connectivity index (χ2v) is 6.12. The third-order valence-electron chi connectivity index (χ3n) is 2.92. The summed E-state index contributed by atoms with van der Waals surface area (Å²) in [5, 5.41) is 33.3. The first-order chi connectivity index (χ1) is 11.0. The molecule has 0 aromatic heterocycles. The predicted octanol–water partition coefficient (Wildman–Crippen LogP) is 1.52. The van der Waals surface area contributed by atoms with Crippen LogP contribution in [0.2, 0.25) is 0 Å². The Balaban J connectivity index is 2.78.